The molecule has 0 aliphatic carbocycles. The van der Waals surface area contributed by atoms with Crippen molar-refractivity contribution in [3.05, 3.63) is 72.0 Å². The van der Waals surface area contributed by atoms with E-state index < -0.39 is 11.7 Å². The number of amides is 1. The Balaban J connectivity index is 1.61. The third-order valence-electron chi connectivity index (χ3n) is 4.59. The minimum atomic E-state index is -0.544. The number of nitrogens with one attached hydrogen (secondary N) is 2. The van der Waals surface area contributed by atoms with Gasteiger partial charge in [0, 0.05) is 17.9 Å². The highest BCUT2D eigenvalue weighted by atomic mass is 16.6. The third kappa shape index (κ3) is 8.02. The van der Waals surface area contributed by atoms with Crippen LogP contribution in [0.2, 0.25) is 0 Å². The minimum Gasteiger partial charge on any atom is -0.455 e. The van der Waals surface area contributed by atoms with Crippen molar-refractivity contribution < 1.29 is 14.3 Å². The summed E-state index contributed by atoms with van der Waals surface area (Å²) in [4.78, 5) is 24.3. The predicted molar refractivity (Wildman–Crippen MR) is 140 cm³/mol. The average Bonchev–Trinajstić information content (AvgIpc) is 2.80. The van der Waals surface area contributed by atoms with E-state index in [9.17, 15) is 4.79 Å². The number of alkyl carbamates (subject to hydrolysis) is 1. The highest BCUT2D eigenvalue weighted by Crippen LogP contribution is 2.29. The number of rotatable bonds is 6. The number of carbonyl (C=O) groups excluding carboxylic acids is 1. The number of carbonyl (C=O) groups is 1. The zero-order valence-corrected chi connectivity index (χ0v) is 21.0. The number of benzene rings is 1. The molecular weight excluding hydrogens is 456 g/mol. The van der Waals surface area contributed by atoms with E-state index in [1.54, 1.807) is 39.1 Å². The molecule has 0 spiro atoms. The van der Waals surface area contributed by atoms with E-state index in [0.717, 1.165) is 22.7 Å². The number of anilines is 3. The largest absolute Gasteiger partial charge is 0.455 e. The van der Waals surface area contributed by atoms with Gasteiger partial charge in [-0.15, -0.1) is 0 Å². The molecule has 2 aromatic heterocycles. The summed E-state index contributed by atoms with van der Waals surface area (Å²) in [6, 6.07) is 9.45. The second-order valence-electron chi connectivity index (χ2n) is 8.88. The highest BCUT2D eigenvalue weighted by molar-refractivity contribution is 5.73. The van der Waals surface area contributed by atoms with E-state index in [1.807, 2.05) is 44.2 Å². The molecule has 0 bridgehead atoms. The quantitative estimate of drug-likeness (QED) is 0.414. The van der Waals surface area contributed by atoms with Gasteiger partial charge in [0.05, 0.1) is 6.20 Å². The van der Waals surface area contributed by atoms with Crippen molar-refractivity contribution in [2.75, 3.05) is 17.6 Å². The molecule has 9 nitrogen and oxygen atoms in total. The molecule has 0 atom stereocenters. The Kier molecular flexibility index (Phi) is 8.47. The first kappa shape index (κ1) is 26.0. The number of pyridine rings is 1. The lowest BCUT2D eigenvalue weighted by atomic mass is 10.2. The summed E-state index contributed by atoms with van der Waals surface area (Å²) in [5.74, 6) is 7.59. The molecule has 0 aliphatic heterocycles. The first-order valence-electron chi connectivity index (χ1n) is 11.3. The number of allylic oxidation sites excluding steroid dienone is 1. The Bertz CT molecular complexity index is 1300. The number of nitrogen functional groups attached to an aromatic ring is 1. The molecule has 0 saturated heterocycles. The van der Waals surface area contributed by atoms with Crippen LogP contribution in [0.5, 0.6) is 11.5 Å². The van der Waals surface area contributed by atoms with Crippen molar-refractivity contribution in [3.8, 4) is 23.3 Å². The van der Waals surface area contributed by atoms with Gasteiger partial charge in [-0.25, -0.2) is 14.8 Å². The fraction of sp³-hybridized carbons (Fsp3) is 0.259. The van der Waals surface area contributed by atoms with E-state index in [4.69, 9.17) is 15.2 Å². The number of hydrogen-bond acceptors (Lipinski definition) is 8. The van der Waals surface area contributed by atoms with Gasteiger partial charge in [0.2, 0.25) is 0 Å². The summed E-state index contributed by atoms with van der Waals surface area (Å²) in [5, 5.41) is 5.82. The van der Waals surface area contributed by atoms with Crippen molar-refractivity contribution in [2.45, 2.75) is 40.2 Å². The van der Waals surface area contributed by atoms with E-state index in [1.165, 1.54) is 6.33 Å². The molecule has 0 radical (unpaired) electrons. The molecule has 9 heteroatoms. The van der Waals surface area contributed by atoms with Crippen LogP contribution >= 0.6 is 0 Å². The maximum atomic E-state index is 11.6. The van der Waals surface area contributed by atoms with Crippen LogP contribution in [0.25, 0.3) is 0 Å². The Hall–Kier alpha value is -4.58. The minimum absolute atomic E-state index is 0.287. The standard InChI is InChI=1S/C27H30N6O3/c1-18-15-20(11-13-23(18)35-21-12-10-19(2)30-16-21)33-25-24(28)22(31-17-32-25)9-7-6-8-14-29-26(34)36-27(3,4)5/h6,8,10-13,15-17H,14,28H2,1-5H3,(H,29,34)(H,31,32,33)/b8-6+. The van der Waals surface area contributed by atoms with E-state index >= 15 is 0 Å². The molecule has 0 aliphatic rings. The maximum absolute atomic E-state index is 11.6. The van der Waals surface area contributed by atoms with Crippen LogP contribution in [-0.4, -0.2) is 33.2 Å². The Morgan fingerprint density at radius 1 is 1.14 bits per heavy atom. The van der Waals surface area contributed by atoms with Gasteiger partial charge < -0.3 is 25.8 Å². The van der Waals surface area contributed by atoms with Crippen LogP contribution in [0.1, 0.15) is 37.7 Å². The van der Waals surface area contributed by atoms with Crippen molar-refractivity contribution in [1.29, 1.82) is 0 Å². The Morgan fingerprint density at radius 3 is 2.64 bits per heavy atom. The second kappa shape index (κ2) is 11.7. The summed E-state index contributed by atoms with van der Waals surface area (Å²) in [7, 11) is 0. The average molecular weight is 487 g/mol. The third-order valence-corrected chi connectivity index (χ3v) is 4.59. The summed E-state index contributed by atoms with van der Waals surface area (Å²) < 4.78 is 11.1. The molecule has 36 heavy (non-hydrogen) atoms. The molecule has 2 heterocycles. The SMILES string of the molecule is Cc1ccc(Oc2ccc(Nc3ncnc(C#C/C=C/CNC(=O)OC(C)(C)C)c3N)cc2C)cn1. The van der Waals surface area contributed by atoms with Gasteiger partial charge in [0.1, 0.15) is 34.8 Å². The monoisotopic (exact) mass is 486 g/mol. The van der Waals surface area contributed by atoms with Gasteiger partial charge in [-0.1, -0.05) is 12.0 Å². The number of aryl methyl sites for hydroxylation is 2. The highest BCUT2D eigenvalue weighted by Gasteiger charge is 2.15. The lowest BCUT2D eigenvalue weighted by Crippen LogP contribution is -2.32. The summed E-state index contributed by atoms with van der Waals surface area (Å²) in [6.45, 7) is 9.57. The number of ether oxygens (including phenoxy) is 2. The van der Waals surface area contributed by atoms with Crippen LogP contribution in [0, 0.1) is 25.7 Å². The molecule has 0 unspecified atom stereocenters. The van der Waals surface area contributed by atoms with E-state index in [2.05, 4.69) is 37.4 Å². The first-order valence-corrected chi connectivity index (χ1v) is 11.3. The molecule has 0 saturated carbocycles. The van der Waals surface area contributed by atoms with Crippen molar-refractivity contribution in [1.82, 2.24) is 20.3 Å². The number of nitrogens with two attached hydrogens (primary N) is 1. The van der Waals surface area contributed by atoms with Crippen LogP contribution in [-0.2, 0) is 4.74 Å². The number of hydrogen-bond donors (Lipinski definition) is 3. The van der Waals surface area contributed by atoms with Gasteiger partial charge in [0.15, 0.2) is 5.82 Å². The molecule has 4 N–H and O–H groups in total. The zero-order valence-electron chi connectivity index (χ0n) is 21.0. The Labute approximate surface area is 211 Å². The summed E-state index contributed by atoms with van der Waals surface area (Å²) >= 11 is 0. The molecule has 186 valence electrons. The van der Waals surface area contributed by atoms with Gasteiger partial charge in [-0.05, 0) is 82.5 Å². The zero-order chi connectivity index (χ0) is 26.1. The predicted octanol–water partition coefficient (Wildman–Crippen LogP) is 5.04. The maximum Gasteiger partial charge on any atom is 0.407 e. The van der Waals surface area contributed by atoms with Crippen LogP contribution in [0.15, 0.2) is 55.0 Å². The smallest absolute Gasteiger partial charge is 0.407 e. The fourth-order valence-corrected chi connectivity index (χ4v) is 2.90. The molecule has 0 fully saturated rings. The first-order chi connectivity index (χ1) is 17.1. The van der Waals surface area contributed by atoms with Gasteiger partial charge in [0.25, 0.3) is 0 Å². The number of nitrogens with zero attached hydrogens (tertiary/aromatic N) is 3. The van der Waals surface area contributed by atoms with E-state index in [-0.39, 0.29) is 6.54 Å². The van der Waals surface area contributed by atoms with Crippen LogP contribution in [0.4, 0.5) is 22.0 Å². The molecule has 1 amide bonds. The molecule has 3 aromatic rings. The summed E-state index contributed by atoms with van der Waals surface area (Å²) in [6.07, 6.45) is 5.91. The van der Waals surface area contributed by atoms with Crippen molar-refractivity contribution in [2.24, 2.45) is 0 Å². The van der Waals surface area contributed by atoms with Gasteiger partial charge >= 0.3 is 6.09 Å². The normalized spacial score (nSPS) is 10.9. The van der Waals surface area contributed by atoms with Gasteiger partial charge in [-0.3, -0.25) is 4.98 Å². The molecule has 3 rings (SSSR count). The van der Waals surface area contributed by atoms with E-state index in [0.29, 0.717) is 22.9 Å². The summed E-state index contributed by atoms with van der Waals surface area (Å²) in [5.41, 5.74) is 9.05. The molecule has 1 aromatic carbocycles. The van der Waals surface area contributed by atoms with Crippen molar-refractivity contribution >= 4 is 23.3 Å². The Morgan fingerprint density at radius 2 is 1.94 bits per heavy atom. The number of aromatic nitrogens is 3. The topological polar surface area (TPSA) is 124 Å². The lowest BCUT2D eigenvalue weighted by molar-refractivity contribution is 0.0534. The van der Waals surface area contributed by atoms with Crippen LogP contribution < -0.4 is 21.1 Å². The van der Waals surface area contributed by atoms with Crippen LogP contribution in [0.3, 0.4) is 0 Å². The fourth-order valence-electron chi connectivity index (χ4n) is 2.90. The second-order valence-corrected chi connectivity index (χ2v) is 8.88. The lowest BCUT2D eigenvalue weighted by Gasteiger charge is -2.19. The van der Waals surface area contributed by atoms with Gasteiger partial charge in [-0.2, -0.15) is 0 Å². The molecular formula is C27H30N6O3. The van der Waals surface area contributed by atoms with Crippen molar-refractivity contribution in [3.63, 3.8) is 0 Å².